The van der Waals surface area contributed by atoms with E-state index in [4.69, 9.17) is 16.1 Å². The fourth-order valence-electron chi connectivity index (χ4n) is 4.32. The highest BCUT2D eigenvalue weighted by atomic mass is 35.5. The largest absolute Gasteiger partial charge is 0.355 e. The molecule has 8 heteroatoms. The van der Waals surface area contributed by atoms with Gasteiger partial charge in [0.1, 0.15) is 0 Å². The van der Waals surface area contributed by atoms with Gasteiger partial charge in [-0.3, -0.25) is 9.59 Å². The molecular formula is C23H23ClN4O3. The van der Waals surface area contributed by atoms with Crippen molar-refractivity contribution in [3.8, 4) is 0 Å². The van der Waals surface area contributed by atoms with Crippen LogP contribution in [0.3, 0.4) is 0 Å². The molecule has 2 amide bonds. The Morgan fingerprint density at radius 3 is 2.81 bits per heavy atom. The standard InChI is InChI=1S/C23H23ClN4O3/c1-25-22(30)17-11-18(14-5-6-14)26-23-20(17)21(27-31-23)15-7-8-28(12-15)19(29)10-13-3-2-4-16(24)9-13/h2-4,9,11,14-15H,5-8,10,12H2,1H3,(H,25,30). The number of rotatable bonds is 5. The molecule has 0 radical (unpaired) electrons. The second kappa shape index (κ2) is 7.96. The lowest BCUT2D eigenvalue weighted by molar-refractivity contribution is -0.129. The lowest BCUT2D eigenvalue weighted by Gasteiger charge is -2.16. The van der Waals surface area contributed by atoms with Crippen LogP contribution in [0.5, 0.6) is 0 Å². The van der Waals surface area contributed by atoms with Crippen molar-refractivity contribution in [1.29, 1.82) is 0 Å². The van der Waals surface area contributed by atoms with Crippen LogP contribution in [0.25, 0.3) is 11.1 Å². The van der Waals surface area contributed by atoms with Gasteiger partial charge in [-0.1, -0.05) is 28.9 Å². The molecule has 1 unspecified atom stereocenters. The van der Waals surface area contributed by atoms with Crippen LogP contribution in [-0.4, -0.2) is 47.0 Å². The molecule has 0 bridgehead atoms. The zero-order valence-corrected chi connectivity index (χ0v) is 18.0. The fourth-order valence-corrected chi connectivity index (χ4v) is 4.53. The Hall–Kier alpha value is -2.93. The average molecular weight is 439 g/mol. The van der Waals surface area contributed by atoms with E-state index in [0.717, 1.165) is 30.5 Å². The topological polar surface area (TPSA) is 88.3 Å². The van der Waals surface area contributed by atoms with Gasteiger partial charge >= 0.3 is 0 Å². The second-order valence-corrected chi connectivity index (χ2v) is 8.76. The summed E-state index contributed by atoms with van der Waals surface area (Å²) < 4.78 is 5.56. The number of hydrogen-bond donors (Lipinski definition) is 1. The van der Waals surface area contributed by atoms with Crippen molar-refractivity contribution in [2.75, 3.05) is 20.1 Å². The Kier molecular flexibility index (Phi) is 5.14. The van der Waals surface area contributed by atoms with Crippen LogP contribution in [-0.2, 0) is 11.2 Å². The predicted molar refractivity (Wildman–Crippen MR) is 116 cm³/mol. The number of carbonyl (C=O) groups is 2. The van der Waals surface area contributed by atoms with Gasteiger partial charge in [0, 0.05) is 42.7 Å². The molecule has 2 aromatic heterocycles. The Bertz CT molecular complexity index is 1170. The van der Waals surface area contributed by atoms with Crippen LogP contribution in [0.15, 0.2) is 34.9 Å². The number of carbonyl (C=O) groups excluding carboxylic acids is 2. The molecule has 31 heavy (non-hydrogen) atoms. The Morgan fingerprint density at radius 1 is 1.23 bits per heavy atom. The third-order valence-electron chi connectivity index (χ3n) is 6.13. The van der Waals surface area contributed by atoms with E-state index < -0.39 is 0 Å². The maximum Gasteiger partial charge on any atom is 0.259 e. The van der Waals surface area contributed by atoms with E-state index in [9.17, 15) is 9.59 Å². The molecule has 5 rings (SSSR count). The molecule has 1 aromatic carbocycles. The number of pyridine rings is 1. The highest BCUT2D eigenvalue weighted by Crippen LogP contribution is 2.41. The van der Waals surface area contributed by atoms with Gasteiger partial charge in [0.05, 0.1) is 23.1 Å². The minimum absolute atomic E-state index is 0.00143. The highest BCUT2D eigenvalue weighted by Gasteiger charge is 2.34. The lowest BCUT2D eigenvalue weighted by atomic mass is 9.98. The van der Waals surface area contributed by atoms with Gasteiger partial charge in [0.15, 0.2) is 0 Å². The van der Waals surface area contributed by atoms with Gasteiger partial charge in [-0.25, -0.2) is 4.98 Å². The smallest absolute Gasteiger partial charge is 0.259 e. The first-order valence-electron chi connectivity index (χ1n) is 10.6. The molecule has 1 saturated heterocycles. The first-order chi connectivity index (χ1) is 15.0. The molecule has 1 aliphatic heterocycles. The summed E-state index contributed by atoms with van der Waals surface area (Å²) in [6, 6.07) is 9.24. The number of fused-ring (bicyclic) bond motifs is 1. The van der Waals surface area contributed by atoms with Crippen LogP contribution in [0, 0.1) is 0 Å². The number of likely N-dealkylation sites (tertiary alicyclic amines) is 1. The van der Waals surface area contributed by atoms with Crippen molar-refractivity contribution >= 4 is 34.5 Å². The maximum absolute atomic E-state index is 12.8. The number of amides is 2. The molecule has 1 aliphatic carbocycles. The third kappa shape index (κ3) is 3.90. The molecule has 160 valence electrons. The fraction of sp³-hybridized carbons (Fsp3) is 0.391. The normalized spacial score (nSPS) is 18.5. The molecule has 3 heterocycles. The van der Waals surface area contributed by atoms with E-state index in [-0.39, 0.29) is 17.7 Å². The maximum atomic E-state index is 12.8. The summed E-state index contributed by atoms with van der Waals surface area (Å²) in [6.07, 6.45) is 3.24. The van der Waals surface area contributed by atoms with E-state index in [1.165, 1.54) is 0 Å². The molecule has 2 aliphatic rings. The van der Waals surface area contributed by atoms with Gasteiger partial charge in [-0.15, -0.1) is 0 Å². The SMILES string of the molecule is CNC(=O)c1cc(C2CC2)nc2onc(C3CCN(C(=O)Cc4cccc(Cl)c4)C3)c12. The summed E-state index contributed by atoms with van der Waals surface area (Å²) in [4.78, 5) is 31.9. The van der Waals surface area contributed by atoms with Crippen molar-refractivity contribution in [2.24, 2.45) is 0 Å². The Morgan fingerprint density at radius 2 is 2.06 bits per heavy atom. The van der Waals surface area contributed by atoms with Crippen molar-refractivity contribution in [3.63, 3.8) is 0 Å². The van der Waals surface area contributed by atoms with Crippen molar-refractivity contribution in [1.82, 2.24) is 20.4 Å². The molecule has 1 saturated carbocycles. The summed E-state index contributed by atoms with van der Waals surface area (Å²) >= 11 is 6.04. The van der Waals surface area contributed by atoms with E-state index in [1.807, 2.05) is 29.2 Å². The lowest BCUT2D eigenvalue weighted by Crippen LogP contribution is -2.30. The first-order valence-corrected chi connectivity index (χ1v) is 11.0. The van der Waals surface area contributed by atoms with Crippen LogP contribution in [0.1, 0.15) is 58.4 Å². The number of hydrogen-bond acceptors (Lipinski definition) is 5. The Labute approximate surface area is 184 Å². The Balaban J connectivity index is 1.40. The molecule has 0 spiro atoms. The van der Waals surface area contributed by atoms with Crippen LogP contribution in [0.4, 0.5) is 0 Å². The van der Waals surface area contributed by atoms with E-state index in [1.54, 1.807) is 13.1 Å². The van der Waals surface area contributed by atoms with Crippen LogP contribution in [0.2, 0.25) is 5.02 Å². The summed E-state index contributed by atoms with van der Waals surface area (Å²) in [5.41, 5.74) is 3.45. The van der Waals surface area contributed by atoms with E-state index >= 15 is 0 Å². The highest BCUT2D eigenvalue weighted by molar-refractivity contribution is 6.30. The summed E-state index contributed by atoms with van der Waals surface area (Å²) in [6.45, 7) is 1.18. The number of benzene rings is 1. The molecular weight excluding hydrogens is 416 g/mol. The van der Waals surface area contributed by atoms with Crippen LogP contribution >= 0.6 is 11.6 Å². The van der Waals surface area contributed by atoms with E-state index in [2.05, 4.69) is 15.5 Å². The number of halogens is 1. The minimum atomic E-state index is -0.175. The summed E-state index contributed by atoms with van der Waals surface area (Å²) in [5.74, 6) is 0.276. The predicted octanol–water partition coefficient (Wildman–Crippen LogP) is 3.67. The molecule has 7 nitrogen and oxygen atoms in total. The average Bonchev–Trinajstić information content (AvgIpc) is 3.34. The van der Waals surface area contributed by atoms with Crippen molar-refractivity contribution in [3.05, 3.63) is 57.9 Å². The van der Waals surface area contributed by atoms with Gasteiger partial charge in [0.2, 0.25) is 5.91 Å². The van der Waals surface area contributed by atoms with E-state index in [0.29, 0.717) is 52.8 Å². The van der Waals surface area contributed by atoms with Gasteiger partial charge in [0.25, 0.3) is 11.6 Å². The molecule has 3 aromatic rings. The van der Waals surface area contributed by atoms with Crippen LogP contribution < -0.4 is 5.32 Å². The summed E-state index contributed by atoms with van der Waals surface area (Å²) in [5, 5.41) is 8.30. The number of aromatic nitrogens is 2. The van der Waals surface area contributed by atoms with Crippen molar-refractivity contribution in [2.45, 2.75) is 37.5 Å². The molecule has 1 atom stereocenters. The second-order valence-electron chi connectivity index (χ2n) is 8.33. The zero-order valence-electron chi connectivity index (χ0n) is 17.2. The minimum Gasteiger partial charge on any atom is -0.355 e. The van der Waals surface area contributed by atoms with Gasteiger partial charge < -0.3 is 14.7 Å². The first kappa shape index (κ1) is 20.0. The van der Waals surface area contributed by atoms with Gasteiger partial charge in [-0.05, 0) is 43.0 Å². The number of nitrogens with one attached hydrogen (secondary N) is 1. The third-order valence-corrected chi connectivity index (χ3v) is 6.37. The van der Waals surface area contributed by atoms with Gasteiger partial charge in [-0.2, -0.15) is 0 Å². The zero-order chi connectivity index (χ0) is 21.5. The molecule has 1 N–H and O–H groups in total. The molecule has 2 fully saturated rings. The quantitative estimate of drug-likeness (QED) is 0.656. The van der Waals surface area contributed by atoms with Crippen molar-refractivity contribution < 1.29 is 14.1 Å². The summed E-state index contributed by atoms with van der Waals surface area (Å²) in [7, 11) is 1.62. The monoisotopic (exact) mass is 438 g/mol. The number of nitrogens with zero attached hydrogens (tertiary/aromatic N) is 3.